The summed E-state index contributed by atoms with van der Waals surface area (Å²) in [6, 6.07) is 0.439. The van der Waals surface area contributed by atoms with E-state index in [2.05, 4.69) is 17.5 Å². The molecule has 1 N–H and O–H groups in total. The summed E-state index contributed by atoms with van der Waals surface area (Å²) >= 11 is 0. The first-order valence-electron chi connectivity index (χ1n) is 7.46. The second-order valence-electron chi connectivity index (χ2n) is 6.07. The molecule has 1 saturated carbocycles. The molecule has 3 aliphatic rings. The van der Waals surface area contributed by atoms with E-state index in [4.69, 9.17) is 0 Å². The van der Waals surface area contributed by atoms with E-state index in [1.54, 1.807) is 0 Å². The quantitative estimate of drug-likeness (QED) is 0.780. The van der Waals surface area contributed by atoms with Crippen molar-refractivity contribution in [1.29, 1.82) is 0 Å². The first-order chi connectivity index (χ1) is 9.24. The summed E-state index contributed by atoms with van der Waals surface area (Å²) < 4.78 is 0. The fraction of sp³-hybridized carbons (Fsp3) is 0.733. The van der Waals surface area contributed by atoms with Gasteiger partial charge in [0.15, 0.2) is 0 Å². The molecule has 104 valence electrons. The lowest BCUT2D eigenvalue weighted by Gasteiger charge is -2.19. The molecule has 2 atom stereocenters. The van der Waals surface area contributed by atoms with Crippen molar-refractivity contribution in [3.8, 4) is 0 Å². The van der Waals surface area contributed by atoms with Crippen LogP contribution in [-0.4, -0.2) is 35.8 Å². The average Bonchev–Trinajstić information content (AvgIpc) is 3.20. The predicted octanol–water partition coefficient (Wildman–Crippen LogP) is 1.47. The molecule has 2 aliphatic carbocycles. The zero-order chi connectivity index (χ0) is 13.2. The minimum absolute atomic E-state index is 0.0750. The number of hydrogen-bond acceptors (Lipinski definition) is 2. The minimum atomic E-state index is -0.118. The van der Waals surface area contributed by atoms with Crippen molar-refractivity contribution in [2.75, 3.05) is 13.1 Å². The lowest BCUT2D eigenvalue weighted by molar-refractivity contribution is -0.129. The molecule has 0 spiro atoms. The van der Waals surface area contributed by atoms with Gasteiger partial charge in [-0.25, -0.2) is 0 Å². The molecular weight excluding hydrogens is 240 g/mol. The van der Waals surface area contributed by atoms with E-state index in [1.807, 2.05) is 4.90 Å². The number of allylic oxidation sites excluding steroid dienone is 2. The third-order valence-corrected chi connectivity index (χ3v) is 4.46. The highest BCUT2D eigenvalue weighted by atomic mass is 16.2. The van der Waals surface area contributed by atoms with E-state index in [0.717, 1.165) is 38.6 Å². The largest absolute Gasteiger partial charge is 0.356 e. The normalized spacial score (nSPS) is 30.7. The van der Waals surface area contributed by atoms with E-state index in [9.17, 15) is 9.59 Å². The van der Waals surface area contributed by atoms with Crippen LogP contribution in [0.5, 0.6) is 0 Å². The monoisotopic (exact) mass is 262 g/mol. The molecule has 0 unspecified atom stereocenters. The number of rotatable bonds is 4. The number of carbonyl (C=O) groups is 2. The number of hydrogen-bond donors (Lipinski definition) is 1. The van der Waals surface area contributed by atoms with Gasteiger partial charge in [-0.15, -0.1) is 0 Å². The van der Waals surface area contributed by atoms with Gasteiger partial charge in [-0.3, -0.25) is 9.59 Å². The minimum Gasteiger partial charge on any atom is -0.356 e. The standard InChI is InChI=1S/C15H22N2O2/c18-14-8-12(10-17(14)13-6-7-13)15(19)16-9-11-4-2-1-3-5-11/h1-2,11-13H,3-10H2,(H,16,19)/t11-,12-/m0/s1. The Kier molecular flexibility index (Phi) is 3.58. The molecule has 3 rings (SSSR count). The third-order valence-electron chi connectivity index (χ3n) is 4.46. The molecule has 0 aromatic rings. The highest BCUT2D eigenvalue weighted by molar-refractivity contribution is 5.89. The van der Waals surface area contributed by atoms with Crippen molar-refractivity contribution < 1.29 is 9.59 Å². The van der Waals surface area contributed by atoms with Gasteiger partial charge in [0.1, 0.15) is 0 Å². The molecule has 2 fully saturated rings. The van der Waals surface area contributed by atoms with Crippen molar-refractivity contribution in [3.05, 3.63) is 12.2 Å². The zero-order valence-corrected chi connectivity index (χ0v) is 11.3. The van der Waals surface area contributed by atoms with Gasteiger partial charge in [-0.1, -0.05) is 12.2 Å². The maximum Gasteiger partial charge on any atom is 0.225 e. The highest BCUT2D eigenvalue weighted by Crippen LogP contribution is 2.32. The Bertz CT molecular complexity index is 401. The van der Waals surface area contributed by atoms with Crippen LogP contribution in [0.15, 0.2) is 12.2 Å². The van der Waals surface area contributed by atoms with Gasteiger partial charge in [-0.05, 0) is 38.0 Å². The Morgan fingerprint density at radius 2 is 2.16 bits per heavy atom. The zero-order valence-electron chi connectivity index (χ0n) is 11.3. The fourth-order valence-electron chi connectivity index (χ4n) is 3.08. The molecule has 19 heavy (non-hydrogen) atoms. The summed E-state index contributed by atoms with van der Waals surface area (Å²) in [5, 5.41) is 3.04. The SMILES string of the molecule is O=C(NC[C@H]1CC=CCC1)[C@H]1CC(=O)N(C2CC2)C1. The van der Waals surface area contributed by atoms with Crippen molar-refractivity contribution in [3.63, 3.8) is 0 Å². The first-order valence-corrected chi connectivity index (χ1v) is 7.46. The van der Waals surface area contributed by atoms with Crippen LogP contribution < -0.4 is 5.32 Å². The summed E-state index contributed by atoms with van der Waals surface area (Å²) in [5.41, 5.74) is 0. The van der Waals surface area contributed by atoms with Gasteiger partial charge in [0, 0.05) is 25.6 Å². The number of carbonyl (C=O) groups excluding carboxylic acids is 2. The number of nitrogens with one attached hydrogen (secondary N) is 1. The van der Waals surface area contributed by atoms with Crippen LogP contribution in [0.25, 0.3) is 0 Å². The summed E-state index contributed by atoms with van der Waals surface area (Å²) in [5.74, 6) is 0.701. The Morgan fingerprint density at radius 3 is 2.84 bits per heavy atom. The van der Waals surface area contributed by atoms with Crippen LogP contribution in [0.2, 0.25) is 0 Å². The fourth-order valence-corrected chi connectivity index (χ4v) is 3.08. The molecular formula is C15H22N2O2. The summed E-state index contributed by atoms with van der Waals surface area (Å²) in [4.78, 5) is 25.8. The molecule has 1 heterocycles. The maximum atomic E-state index is 12.1. The van der Waals surface area contributed by atoms with Crippen molar-refractivity contribution >= 4 is 11.8 Å². The molecule has 0 aromatic carbocycles. The number of nitrogens with zero attached hydrogens (tertiary/aromatic N) is 1. The first kappa shape index (κ1) is 12.7. The molecule has 0 aromatic heterocycles. The summed E-state index contributed by atoms with van der Waals surface area (Å²) in [7, 11) is 0. The predicted molar refractivity (Wildman–Crippen MR) is 72.3 cm³/mol. The lowest BCUT2D eigenvalue weighted by Crippen LogP contribution is -2.36. The van der Waals surface area contributed by atoms with Crippen molar-refractivity contribution in [1.82, 2.24) is 10.2 Å². The molecule has 1 saturated heterocycles. The molecule has 4 nitrogen and oxygen atoms in total. The number of likely N-dealkylation sites (tertiary alicyclic amines) is 1. The van der Waals surface area contributed by atoms with Gasteiger partial charge in [-0.2, -0.15) is 0 Å². The molecule has 2 amide bonds. The average molecular weight is 262 g/mol. The molecule has 0 radical (unpaired) electrons. The van der Waals surface area contributed by atoms with Gasteiger partial charge < -0.3 is 10.2 Å². The van der Waals surface area contributed by atoms with E-state index >= 15 is 0 Å². The van der Waals surface area contributed by atoms with Gasteiger partial charge in [0.2, 0.25) is 11.8 Å². The molecule has 1 aliphatic heterocycles. The van der Waals surface area contributed by atoms with E-state index in [-0.39, 0.29) is 17.7 Å². The van der Waals surface area contributed by atoms with Gasteiger partial charge in [0.05, 0.1) is 5.92 Å². The number of amides is 2. The summed E-state index contributed by atoms with van der Waals surface area (Å²) in [6.07, 6.45) is 10.4. The van der Waals surface area contributed by atoms with E-state index < -0.39 is 0 Å². The second kappa shape index (κ2) is 5.35. The van der Waals surface area contributed by atoms with E-state index in [1.165, 1.54) is 0 Å². The smallest absolute Gasteiger partial charge is 0.225 e. The maximum absolute atomic E-state index is 12.1. The van der Waals surface area contributed by atoms with Gasteiger partial charge >= 0.3 is 0 Å². The Hall–Kier alpha value is -1.32. The van der Waals surface area contributed by atoms with Crippen LogP contribution in [0, 0.1) is 11.8 Å². The Morgan fingerprint density at radius 1 is 1.32 bits per heavy atom. The van der Waals surface area contributed by atoms with Crippen molar-refractivity contribution in [2.24, 2.45) is 11.8 Å². The Balaban J connectivity index is 1.45. The van der Waals surface area contributed by atoms with Crippen LogP contribution in [-0.2, 0) is 9.59 Å². The van der Waals surface area contributed by atoms with Crippen LogP contribution in [0.4, 0.5) is 0 Å². The van der Waals surface area contributed by atoms with E-state index in [0.29, 0.717) is 24.9 Å². The van der Waals surface area contributed by atoms with Crippen molar-refractivity contribution in [2.45, 2.75) is 44.6 Å². The molecule has 4 heteroatoms. The van der Waals surface area contributed by atoms with Crippen LogP contribution in [0.1, 0.15) is 38.5 Å². The highest BCUT2D eigenvalue weighted by Gasteiger charge is 2.41. The van der Waals surface area contributed by atoms with Crippen LogP contribution in [0.3, 0.4) is 0 Å². The molecule has 0 bridgehead atoms. The van der Waals surface area contributed by atoms with Gasteiger partial charge in [0.25, 0.3) is 0 Å². The lowest BCUT2D eigenvalue weighted by atomic mass is 9.94. The Labute approximate surface area is 114 Å². The summed E-state index contributed by atoms with van der Waals surface area (Å²) in [6.45, 7) is 1.40. The van der Waals surface area contributed by atoms with Crippen LogP contribution >= 0.6 is 0 Å². The second-order valence-corrected chi connectivity index (χ2v) is 6.07. The topological polar surface area (TPSA) is 49.4 Å². The third kappa shape index (κ3) is 2.99.